The number of H-pyrrole nitrogens is 2. The van der Waals surface area contributed by atoms with Gasteiger partial charge in [-0.15, -0.1) is 0 Å². The minimum absolute atomic E-state index is 0.134. The van der Waals surface area contributed by atoms with Crippen LogP contribution >= 0.6 is 0 Å². The van der Waals surface area contributed by atoms with Crippen molar-refractivity contribution in [3.63, 3.8) is 0 Å². The predicted octanol–water partition coefficient (Wildman–Crippen LogP) is -0.0768. The number of benzene rings is 1. The van der Waals surface area contributed by atoms with Crippen LogP contribution in [0.2, 0.25) is 0 Å². The molecule has 0 spiro atoms. The largest absolute Gasteiger partial charge is 0.507 e. The lowest BCUT2D eigenvalue weighted by molar-refractivity contribution is 0.0694. The van der Waals surface area contributed by atoms with Gasteiger partial charge in [-0.3, -0.25) is 19.8 Å². The molecule has 21 heavy (non-hydrogen) atoms. The first-order valence-corrected chi connectivity index (χ1v) is 5.54. The highest BCUT2D eigenvalue weighted by atomic mass is 16.4. The Kier molecular flexibility index (Phi) is 3.57. The molecule has 1 aromatic heterocycles. The molecule has 2 aromatic rings. The third-order valence-electron chi connectivity index (χ3n) is 2.51. The van der Waals surface area contributed by atoms with Crippen molar-refractivity contribution < 1.29 is 20.1 Å². The van der Waals surface area contributed by atoms with E-state index in [-0.39, 0.29) is 16.8 Å². The van der Waals surface area contributed by atoms with Gasteiger partial charge in [-0.1, -0.05) is 0 Å². The normalized spacial score (nSPS) is 10.9. The molecule has 0 fully saturated rings. The number of aromatic hydroxyl groups is 2. The molecular weight excluding hydrogens is 282 g/mol. The van der Waals surface area contributed by atoms with Crippen molar-refractivity contribution in [2.24, 2.45) is 4.99 Å². The highest BCUT2D eigenvalue weighted by Crippen LogP contribution is 2.23. The van der Waals surface area contributed by atoms with Crippen molar-refractivity contribution in [1.29, 1.82) is 0 Å². The fourth-order valence-electron chi connectivity index (χ4n) is 1.52. The van der Waals surface area contributed by atoms with Gasteiger partial charge in [-0.25, -0.2) is 9.59 Å². The quantitative estimate of drug-likeness (QED) is 0.498. The second-order valence-corrected chi connectivity index (χ2v) is 3.94. The molecule has 1 heterocycles. The van der Waals surface area contributed by atoms with Crippen molar-refractivity contribution in [2.45, 2.75) is 0 Å². The maximum Gasteiger partial charge on any atom is 0.339 e. The van der Waals surface area contributed by atoms with Gasteiger partial charge in [0.15, 0.2) is 0 Å². The Morgan fingerprint density at radius 1 is 1.19 bits per heavy atom. The number of rotatable bonds is 3. The van der Waals surface area contributed by atoms with Crippen molar-refractivity contribution in [3.8, 4) is 11.6 Å². The number of nitrogens with one attached hydrogen (secondary N) is 2. The molecule has 9 nitrogen and oxygen atoms in total. The van der Waals surface area contributed by atoms with Crippen LogP contribution in [0.4, 0.5) is 5.69 Å². The van der Waals surface area contributed by atoms with E-state index in [1.165, 1.54) is 6.07 Å². The third kappa shape index (κ3) is 2.97. The predicted molar refractivity (Wildman–Crippen MR) is 71.7 cm³/mol. The molecule has 108 valence electrons. The minimum atomic E-state index is -1.34. The Balaban J connectivity index is 2.43. The van der Waals surface area contributed by atoms with E-state index in [4.69, 9.17) is 5.11 Å². The van der Waals surface area contributed by atoms with Crippen LogP contribution in [-0.4, -0.2) is 37.5 Å². The molecule has 0 radical (unpaired) electrons. The fraction of sp³-hybridized carbons (Fsp3) is 0. The standard InChI is InChI=1S/C12H9N3O6/c16-8-2-1-5(3-6(8)11(19)20)13-4-7-9(17)14-12(21)15-10(7)18/h1-4,16H,(H,19,20)(H3,14,15,17,18,21). The van der Waals surface area contributed by atoms with Crippen LogP contribution in [0.15, 0.2) is 32.8 Å². The van der Waals surface area contributed by atoms with Gasteiger partial charge in [-0.2, -0.15) is 0 Å². The summed E-state index contributed by atoms with van der Waals surface area (Å²) in [5.74, 6) is -2.43. The molecule has 0 unspecified atom stereocenters. The maximum absolute atomic E-state index is 11.5. The number of carboxylic acids is 1. The number of aromatic nitrogens is 2. The molecule has 2 rings (SSSR count). The minimum Gasteiger partial charge on any atom is -0.507 e. The number of aromatic carboxylic acids is 1. The summed E-state index contributed by atoms with van der Waals surface area (Å²) >= 11 is 0. The summed E-state index contributed by atoms with van der Waals surface area (Å²) in [6, 6.07) is 3.54. The van der Waals surface area contributed by atoms with Crippen molar-refractivity contribution in [2.75, 3.05) is 0 Å². The summed E-state index contributed by atoms with van der Waals surface area (Å²) < 4.78 is 0. The molecule has 0 saturated carbocycles. The molecule has 5 N–H and O–H groups in total. The molecule has 0 saturated heterocycles. The van der Waals surface area contributed by atoms with Gasteiger partial charge in [0.2, 0.25) is 5.88 Å². The first-order chi connectivity index (χ1) is 9.88. The van der Waals surface area contributed by atoms with Gasteiger partial charge in [-0.05, 0) is 18.2 Å². The van der Waals surface area contributed by atoms with Crippen LogP contribution in [0.5, 0.6) is 11.6 Å². The van der Waals surface area contributed by atoms with Crippen molar-refractivity contribution >= 4 is 17.9 Å². The molecule has 9 heteroatoms. The third-order valence-corrected chi connectivity index (χ3v) is 2.51. The second-order valence-electron chi connectivity index (χ2n) is 3.94. The first kappa shape index (κ1) is 14.1. The summed E-state index contributed by atoms with van der Waals surface area (Å²) in [5.41, 5.74) is -2.23. The van der Waals surface area contributed by atoms with E-state index >= 15 is 0 Å². The Hall–Kier alpha value is -3.36. The van der Waals surface area contributed by atoms with Crippen molar-refractivity contribution in [1.82, 2.24) is 9.97 Å². The number of hydrogen-bond donors (Lipinski definition) is 5. The number of carbonyl (C=O) groups is 1. The topological polar surface area (TPSA) is 156 Å². The number of nitrogens with zero attached hydrogens (tertiary/aromatic N) is 1. The van der Waals surface area contributed by atoms with Crippen LogP contribution in [-0.2, 0) is 0 Å². The van der Waals surface area contributed by atoms with E-state index in [9.17, 15) is 24.6 Å². The Bertz CT molecular complexity index is 849. The van der Waals surface area contributed by atoms with E-state index in [0.717, 1.165) is 18.3 Å². The van der Waals surface area contributed by atoms with E-state index in [1.54, 1.807) is 0 Å². The van der Waals surface area contributed by atoms with Crippen molar-refractivity contribution in [3.05, 3.63) is 50.2 Å². The first-order valence-electron chi connectivity index (χ1n) is 5.54. The molecule has 0 atom stereocenters. The number of hydrogen-bond acceptors (Lipinski definition) is 6. The van der Waals surface area contributed by atoms with Crippen LogP contribution in [0.1, 0.15) is 15.9 Å². The highest BCUT2D eigenvalue weighted by Gasteiger charge is 2.10. The summed E-state index contributed by atoms with van der Waals surface area (Å²) in [4.78, 5) is 40.9. The van der Waals surface area contributed by atoms with Gasteiger partial charge < -0.3 is 15.3 Å². The SMILES string of the molecule is O=C(O)c1cc(N=Cc2c(O)[nH]c(=O)[nH]c2=O)ccc1O. The maximum atomic E-state index is 11.5. The van der Waals surface area contributed by atoms with Gasteiger partial charge >= 0.3 is 11.7 Å². The van der Waals surface area contributed by atoms with Gasteiger partial charge in [0, 0.05) is 6.21 Å². The van der Waals surface area contributed by atoms with E-state index < -0.39 is 28.8 Å². The molecule has 0 bridgehead atoms. The van der Waals surface area contributed by atoms with E-state index in [1.807, 2.05) is 9.97 Å². The molecule has 1 aromatic carbocycles. The summed E-state index contributed by atoms with van der Waals surface area (Å²) in [6.45, 7) is 0. The summed E-state index contributed by atoms with van der Waals surface area (Å²) in [6.07, 6.45) is 0.960. The number of carboxylic acid groups (broad SMARTS) is 1. The monoisotopic (exact) mass is 291 g/mol. The van der Waals surface area contributed by atoms with Crippen LogP contribution in [0.25, 0.3) is 0 Å². The van der Waals surface area contributed by atoms with Gasteiger partial charge in [0.25, 0.3) is 5.56 Å². The molecule has 0 aliphatic heterocycles. The van der Waals surface area contributed by atoms with Crippen LogP contribution < -0.4 is 11.2 Å². The second kappa shape index (κ2) is 5.33. The Morgan fingerprint density at radius 3 is 2.52 bits per heavy atom. The summed E-state index contributed by atoms with van der Waals surface area (Å²) in [7, 11) is 0. The lowest BCUT2D eigenvalue weighted by Crippen LogP contribution is -2.24. The zero-order chi connectivity index (χ0) is 15.6. The zero-order valence-electron chi connectivity index (χ0n) is 10.3. The number of phenols is 1. The van der Waals surface area contributed by atoms with Gasteiger partial charge in [0.05, 0.1) is 5.69 Å². The average Bonchev–Trinajstić information content (AvgIpc) is 2.38. The number of aromatic amines is 2. The van der Waals surface area contributed by atoms with Crippen LogP contribution in [0.3, 0.4) is 0 Å². The Morgan fingerprint density at radius 2 is 1.90 bits per heavy atom. The van der Waals surface area contributed by atoms with E-state index in [2.05, 4.69) is 4.99 Å². The fourth-order valence-corrected chi connectivity index (χ4v) is 1.52. The lowest BCUT2D eigenvalue weighted by atomic mass is 10.2. The highest BCUT2D eigenvalue weighted by molar-refractivity contribution is 5.92. The molecule has 0 amide bonds. The molecule has 0 aliphatic rings. The molecule has 0 aliphatic carbocycles. The zero-order valence-corrected chi connectivity index (χ0v) is 10.3. The average molecular weight is 291 g/mol. The number of aliphatic imine (C=N–C) groups is 1. The molecular formula is C12H9N3O6. The van der Waals surface area contributed by atoms with Crippen LogP contribution in [0, 0.1) is 0 Å². The lowest BCUT2D eigenvalue weighted by Gasteiger charge is -2.00. The smallest absolute Gasteiger partial charge is 0.339 e. The summed E-state index contributed by atoms with van der Waals surface area (Å²) in [5, 5.41) is 27.6. The van der Waals surface area contributed by atoms with E-state index in [0.29, 0.717) is 0 Å². The van der Waals surface area contributed by atoms with Gasteiger partial charge in [0.1, 0.15) is 16.9 Å². The Labute approximate surface area is 115 Å².